The van der Waals surface area contributed by atoms with Gasteiger partial charge >= 0.3 is 53.7 Å². The summed E-state index contributed by atoms with van der Waals surface area (Å²) >= 11 is 0. The van der Waals surface area contributed by atoms with E-state index in [2.05, 4.69) is 34.6 Å². The Balaban J connectivity index is 1.12. The molecule has 0 radical (unpaired) electrons. The van der Waals surface area contributed by atoms with E-state index in [1.165, 1.54) is 27.7 Å². The molecule has 4 heterocycles. The highest BCUT2D eigenvalue weighted by Crippen LogP contribution is 2.89. The Labute approximate surface area is 518 Å². The zero-order valence-corrected chi connectivity index (χ0v) is 54.1. The quantitative estimate of drug-likeness (QED) is 0.114. The summed E-state index contributed by atoms with van der Waals surface area (Å²) in [5.41, 5.74) is -4.68. The van der Waals surface area contributed by atoms with E-state index in [4.69, 9.17) is 75.8 Å². The molecular formula is C63H92O26. The van der Waals surface area contributed by atoms with E-state index in [9.17, 15) is 48.3 Å². The van der Waals surface area contributed by atoms with Gasteiger partial charge in [-0.05, 0) is 117 Å². The second-order valence-electron chi connectivity index (χ2n) is 28.2. The van der Waals surface area contributed by atoms with Gasteiger partial charge in [-0.2, -0.15) is 0 Å². The van der Waals surface area contributed by atoms with Crippen molar-refractivity contribution in [2.75, 3.05) is 19.8 Å². The van der Waals surface area contributed by atoms with Crippen molar-refractivity contribution >= 4 is 53.7 Å². The minimum absolute atomic E-state index is 0.102. The van der Waals surface area contributed by atoms with Crippen LogP contribution in [0.4, 0.5) is 0 Å². The topological polar surface area (TPSA) is 322 Å². The molecule has 5 aliphatic carbocycles. The van der Waals surface area contributed by atoms with Gasteiger partial charge < -0.3 is 80.9 Å². The van der Waals surface area contributed by atoms with Crippen LogP contribution in [0.2, 0.25) is 0 Å². The highest BCUT2D eigenvalue weighted by Gasteiger charge is 2.86. The average Bonchev–Trinajstić information content (AvgIpc) is 1.46. The maximum atomic E-state index is 13.3. The molecule has 0 aromatic rings. The monoisotopic (exact) mass is 1260 g/mol. The summed E-state index contributed by atoms with van der Waals surface area (Å²) in [6, 6.07) is 0. The van der Waals surface area contributed by atoms with Crippen LogP contribution in [0, 0.1) is 44.8 Å². The first kappa shape index (κ1) is 68.3. The van der Waals surface area contributed by atoms with Crippen LogP contribution in [0.25, 0.3) is 0 Å². The van der Waals surface area contributed by atoms with E-state index in [0.717, 1.165) is 53.9 Å². The molecule has 26 heteroatoms. The molecule has 1 N–H and O–H groups in total. The summed E-state index contributed by atoms with van der Waals surface area (Å²) in [5.74, 6) is -7.38. The number of aliphatic hydroxyl groups is 1. The van der Waals surface area contributed by atoms with E-state index >= 15 is 0 Å². The summed E-state index contributed by atoms with van der Waals surface area (Å²) in [6.45, 7) is 23.9. The highest BCUT2D eigenvalue weighted by atomic mass is 16.8. The molecule has 0 aromatic heterocycles. The lowest BCUT2D eigenvalue weighted by Crippen LogP contribution is -2.66. The van der Waals surface area contributed by atoms with E-state index in [1.54, 1.807) is 13.8 Å². The summed E-state index contributed by atoms with van der Waals surface area (Å²) in [7, 11) is 0. The predicted octanol–water partition coefficient (Wildman–Crippen LogP) is 4.96. The first-order valence-corrected chi connectivity index (χ1v) is 31.2. The summed E-state index contributed by atoms with van der Waals surface area (Å²) in [5, 5.41) is 11.3. The molecule has 0 amide bonds. The molecule has 24 atom stereocenters. The number of fused-ring (bicyclic) bond motifs is 2. The summed E-state index contributed by atoms with van der Waals surface area (Å²) < 4.78 is 99.7. The fourth-order valence-electron chi connectivity index (χ4n) is 18.5. The van der Waals surface area contributed by atoms with Gasteiger partial charge in [0.15, 0.2) is 73.8 Å². The number of rotatable bonds is 17. The Kier molecular flexibility index (Phi) is 19.2. The molecule has 500 valence electrons. The van der Waals surface area contributed by atoms with Gasteiger partial charge in [0.25, 0.3) is 0 Å². The maximum Gasteiger partial charge on any atom is 0.303 e. The van der Waals surface area contributed by atoms with Gasteiger partial charge in [-0.3, -0.25) is 43.2 Å². The molecule has 13 unspecified atom stereocenters. The Morgan fingerprint density at radius 1 is 0.427 bits per heavy atom. The smallest absolute Gasteiger partial charge is 0.303 e. The van der Waals surface area contributed by atoms with Crippen molar-refractivity contribution in [2.45, 2.75) is 278 Å². The SMILES string of the molecule is CC(=O)OC1COC(OC2C(O[C@H]3CC[C@]45C[C@]46CC[C@]4(C)[C@@H]([C@@]7(C)CC[C@@H](C(C)(C)O)O7)[C@@H](OC(C)=O)C[C@@]4(C)[C@@H]6C[C@H](OC4OCC(OC(C)=O)C(OC(C)=O)C4OC(C)=O)C5C3(C)C)OCC(OC(C)=O)C2OC(C)=O)C(OC(C)=O)C1OC(C)=O. The van der Waals surface area contributed by atoms with Crippen LogP contribution < -0.4 is 0 Å². The molecule has 89 heavy (non-hydrogen) atoms. The van der Waals surface area contributed by atoms with Crippen molar-refractivity contribution in [1.82, 2.24) is 0 Å². The highest BCUT2D eigenvalue weighted by molar-refractivity contribution is 5.70. The average molecular weight is 1270 g/mol. The Morgan fingerprint density at radius 2 is 0.843 bits per heavy atom. The van der Waals surface area contributed by atoms with Gasteiger partial charge in [0.1, 0.15) is 6.10 Å². The molecule has 5 saturated carbocycles. The van der Waals surface area contributed by atoms with Crippen molar-refractivity contribution in [3.05, 3.63) is 0 Å². The van der Waals surface area contributed by atoms with Crippen LogP contribution in [-0.2, 0) is 119 Å². The molecule has 2 spiro atoms. The van der Waals surface area contributed by atoms with Gasteiger partial charge in [0.05, 0.1) is 49.3 Å². The van der Waals surface area contributed by atoms with Gasteiger partial charge in [-0.1, -0.05) is 27.7 Å². The maximum absolute atomic E-state index is 13.3. The third-order valence-electron chi connectivity index (χ3n) is 21.5. The van der Waals surface area contributed by atoms with Crippen molar-refractivity contribution in [1.29, 1.82) is 0 Å². The van der Waals surface area contributed by atoms with Gasteiger partial charge in [-0.15, -0.1) is 0 Å². The number of carbonyl (C=O) groups is 9. The number of hydrogen-bond acceptors (Lipinski definition) is 26. The Hall–Kier alpha value is -5.09. The van der Waals surface area contributed by atoms with Gasteiger partial charge in [0.2, 0.25) is 0 Å². The van der Waals surface area contributed by atoms with Crippen LogP contribution in [0.5, 0.6) is 0 Å². The molecule has 9 rings (SSSR count). The van der Waals surface area contributed by atoms with E-state index in [-0.39, 0.29) is 30.5 Å². The molecule has 9 fully saturated rings. The molecule has 26 nitrogen and oxygen atoms in total. The fourth-order valence-corrected chi connectivity index (χ4v) is 18.5. The van der Waals surface area contributed by atoms with Crippen molar-refractivity contribution in [2.24, 2.45) is 44.8 Å². The molecular weight excluding hydrogens is 1170 g/mol. The third kappa shape index (κ3) is 12.9. The van der Waals surface area contributed by atoms with E-state index in [0.29, 0.717) is 38.5 Å². The molecule has 4 aliphatic heterocycles. The second-order valence-corrected chi connectivity index (χ2v) is 28.2. The zero-order valence-electron chi connectivity index (χ0n) is 54.1. The van der Waals surface area contributed by atoms with E-state index < -0.39 is 197 Å². The molecule has 9 aliphatic rings. The van der Waals surface area contributed by atoms with Crippen molar-refractivity contribution < 1.29 is 124 Å². The Morgan fingerprint density at radius 3 is 1.28 bits per heavy atom. The van der Waals surface area contributed by atoms with Gasteiger partial charge in [0, 0.05) is 68.2 Å². The van der Waals surface area contributed by atoms with E-state index in [1.807, 2.05) is 0 Å². The number of hydrogen-bond donors (Lipinski definition) is 1. The zero-order chi connectivity index (χ0) is 65.5. The third-order valence-corrected chi connectivity index (χ3v) is 21.5. The molecule has 4 saturated heterocycles. The van der Waals surface area contributed by atoms with Crippen LogP contribution in [0.1, 0.15) is 169 Å². The standard InChI is InChI=1S/C63H92O26/c1-29(64)77-39-24-60(15)43-23-38(86-54-49(84-36(8)71)46(81-33(5)68)40(25-74-54)78-30(2)65)52-57(10,11)44(18-20-63(52)28-62(43,63)22-21-59(60,14)53(39)61(16)19-17-45(89-61)58(12,13)73)87-55-51(48(83-35(7)70)42(26-75-55)80-32(4)67)88-56-50(85-37(9)72)47(82-34(6)69)41(27-76-56)79-31(3)66/h38-56,73H,17-28H2,1-16H3/t38-,39-,40?,41?,42?,43-,44-,45-,46?,47?,48?,49?,50?,51?,52?,53-,54?,55?,56?,59+,60-,61+,62-,63+/m0/s1. The lowest BCUT2D eigenvalue weighted by atomic mass is 9.41. The summed E-state index contributed by atoms with van der Waals surface area (Å²) in [6.07, 6.45) is -14.2. The first-order valence-electron chi connectivity index (χ1n) is 31.2. The van der Waals surface area contributed by atoms with Crippen LogP contribution in [-0.4, -0.2) is 188 Å². The lowest BCUT2D eigenvalue weighted by molar-refractivity contribution is -0.360. The normalized spacial score (nSPS) is 43.6. The number of esters is 9. The lowest BCUT2D eigenvalue weighted by Gasteiger charge is -2.65. The largest absolute Gasteiger partial charge is 0.462 e. The van der Waals surface area contributed by atoms with Crippen LogP contribution >= 0.6 is 0 Å². The predicted molar refractivity (Wildman–Crippen MR) is 300 cm³/mol. The minimum atomic E-state index is -1.65. The van der Waals surface area contributed by atoms with Crippen LogP contribution in [0.15, 0.2) is 0 Å². The number of ether oxygens (including phenoxy) is 16. The van der Waals surface area contributed by atoms with Crippen molar-refractivity contribution in [3.8, 4) is 0 Å². The van der Waals surface area contributed by atoms with Crippen molar-refractivity contribution in [3.63, 3.8) is 0 Å². The minimum Gasteiger partial charge on any atom is -0.462 e. The number of carbonyl (C=O) groups excluding carboxylic acids is 9. The fraction of sp³-hybridized carbons (Fsp3) is 0.857. The summed E-state index contributed by atoms with van der Waals surface area (Å²) in [4.78, 5) is 115. The van der Waals surface area contributed by atoms with Crippen LogP contribution in [0.3, 0.4) is 0 Å². The van der Waals surface area contributed by atoms with Gasteiger partial charge in [-0.25, -0.2) is 0 Å². The Bertz CT molecular complexity index is 2740. The second kappa shape index (κ2) is 25.1. The molecule has 0 aromatic carbocycles. The molecule has 0 bridgehead atoms. The first-order chi connectivity index (χ1) is 41.4.